The number of hydrogen-bond donors (Lipinski definition) is 2. The predicted molar refractivity (Wildman–Crippen MR) is 128 cm³/mol. The van der Waals surface area contributed by atoms with E-state index in [-0.39, 0.29) is 61.4 Å². The summed E-state index contributed by atoms with van der Waals surface area (Å²) in [5, 5.41) is 22.0. The molecule has 1 fully saturated rings. The molecule has 0 aromatic carbocycles. The number of carbonyl (C=O) groups excluding carboxylic acids is 2. The fourth-order valence-corrected chi connectivity index (χ4v) is 3.88. The maximum absolute atomic E-state index is 12.6. The maximum Gasteiger partial charge on any atom is 0.341 e. The van der Waals surface area contributed by atoms with Gasteiger partial charge in [-0.2, -0.15) is 0 Å². The van der Waals surface area contributed by atoms with Gasteiger partial charge >= 0.3 is 11.9 Å². The van der Waals surface area contributed by atoms with E-state index in [1.807, 2.05) is 6.92 Å². The van der Waals surface area contributed by atoms with E-state index in [1.165, 1.54) is 20.1 Å². The van der Waals surface area contributed by atoms with Crippen LogP contribution in [0.25, 0.3) is 0 Å². The van der Waals surface area contributed by atoms with E-state index >= 15 is 0 Å². The Morgan fingerprint density at radius 1 is 1.40 bits per heavy atom. The van der Waals surface area contributed by atoms with Crippen molar-refractivity contribution < 1.29 is 43.2 Å². The van der Waals surface area contributed by atoms with Crippen LogP contribution in [0.4, 0.5) is 0 Å². The molecule has 4 atom stereocenters. The average molecular weight is 495 g/mol. The summed E-state index contributed by atoms with van der Waals surface area (Å²) in [4.78, 5) is 24.1. The molecule has 1 aromatic rings. The van der Waals surface area contributed by atoms with Crippen LogP contribution in [0.3, 0.4) is 0 Å². The molecule has 0 bridgehead atoms. The van der Waals surface area contributed by atoms with E-state index in [0.717, 1.165) is 5.57 Å². The lowest BCUT2D eigenvalue weighted by Crippen LogP contribution is -2.37. The lowest BCUT2D eigenvalue weighted by atomic mass is 9.90. The largest absolute Gasteiger partial charge is 0.469 e. The Morgan fingerprint density at radius 2 is 2.09 bits per heavy atom. The number of furan rings is 1. The first kappa shape index (κ1) is 28.8. The summed E-state index contributed by atoms with van der Waals surface area (Å²) in [5.41, 5.74) is -0.678. The molecule has 2 heterocycles. The number of carbonyl (C=O) groups is 2. The highest BCUT2D eigenvalue weighted by Gasteiger charge is 2.42. The zero-order chi connectivity index (χ0) is 26.4. The van der Waals surface area contributed by atoms with E-state index in [9.17, 15) is 19.8 Å². The van der Waals surface area contributed by atoms with Crippen LogP contribution in [0, 0.1) is 5.92 Å². The third-order valence-electron chi connectivity index (χ3n) is 5.81. The van der Waals surface area contributed by atoms with Crippen LogP contribution in [0.5, 0.6) is 0 Å². The molecule has 0 amide bonds. The number of allylic oxidation sites excluding steroid dienone is 2. The van der Waals surface area contributed by atoms with Gasteiger partial charge in [-0.05, 0) is 40.7 Å². The highest BCUT2D eigenvalue weighted by atomic mass is 16.7. The molecular weight excluding hydrogens is 456 g/mol. The zero-order valence-corrected chi connectivity index (χ0v) is 21.5. The van der Waals surface area contributed by atoms with Crippen molar-refractivity contribution in [2.24, 2.45) is 5.92 Å². The summed E-state index contributed by atoms with van der Waals surface area (Å²) in [7, 11) is 1.31. The van der Waals surface area contributed by atoms with Gasteiger partial charge in [0.25, 0.3) is 0 Å². The number of esters is 2. The molecule has 0 aliphatic carbocycles. The summed E-state index contributed by atoms with van der Waals surface area (Å²) in [6.07, 6.45) is 2.04. The minimum atomic E-state index is -1.62. The van der Waals surface area contributed by atoms with Crippen molar-refractivity contribution >= 4 is 11.9 Å². The molecule has 0 unspecified atom stereocenters. The quantitative estimate of drug-likeness (QED) is 0.331. The third kappa shape index (κ3) is 8.03. The summed E-state index contributed by atoms with van der Waals surface area (Å²) < 4.78 is 27.0. The summed E-state index contributed by atoms with van der Waals surface area (Å²) in [6.45, 7) is 13.0. The van der Waals surface area contributed by atoms with Crippen molar-refractivity contribution in [3.63, 3.8) is 0 Å². The minimum Gasteiger partial charge on any atom is -0.469 e. The first-order valence-corrected chi connectivity index (χ1v) is 11.7. The van der Waals surface area contributed by atoms with E-state index in [1.54, 1.807) is 32.9 Å². The van der Waals surface area contributed by atoms with Crippen LogP contribution in [-0.4, -0.2) is 60.0 Å². The van der Waals surface area contributed by atoms with Crippen molar-refractivity contribution in [2.45, 2.75) is 77.5 Å². The van der Waals surface area contributed by atoms with Gasteiger partial charge in [0.2, 0.25) is 0 Å². The Morgan fingerprint density at radius 3 is 2.63 bits per heavy atom. The molecule has 9 nitrogen and oxygen atoms in total. The van der Waals surface area contributed by atoms with Gasteiger partial charge in [0.1, 0.15) is 23.2 Å². The fraction of sp³-hybridized carbons (Fsp3) is 0.615. The van der Waals surface area contributed by atoms with Gasteiger partial charge in [0.15, 0.2) is 5.79 Å². The summed E-state index contributed by atoms with van der Waals surface area (Å²) in [6, 6.07) is 1.40. The highest BCUT2D eigenvalue weighted by molar-refractivity contribution is 5.90. The Balaban J connectivity index is 2.29. The van der Waals surface area contributed by atoms with E-state index in [4.69, 9.17) is 18.6 Å². The number of ether oxygens (including phenoxy) is 4. The van der Waals surface area contributed by atoms with Crippen molar-refractivity contribution in [3.05, 3.63) is 47.5 Å². The second-order valence-electron chi connectivity index (χ2n) is 9.49. The number of aliphatic hydroxyl groups is 2. The second-order valence-corrected chi connectivity index (χ2v) is 9.49. The number of aliphatic hydroxyl groups excluding tert-OH is 1. The smallest absolute Gasteiger partial charge is 0.341 e. The topological polar surface area (TPSA) is 125 Å². The van der Waals surface area contributed by atoms with Crippen LogP contribution in [0.2, 0.25) is 0 Å². The van der Waals surface area contributed by atoms with Crippen molar-refractivity contribution in [3.8, 4) is 0 Å². The average Bonchev–Trinajstić information content (AvgIpc) is 3.34. The van der Waals surface area contributed by atoms with E-state index < -0.39 is 29.6 Å². The van der Waals surface area contributed by atoms with Crippen molar-refractivity contribution in [1.29, 1.82) is 0 Å². The van der Waals surface area contributed by atoms with Crippen LogP contribution < -0.4 is 0 Å². The van der Waals surface area contributed by atoms with E-state index in [0.29, 0.717) is 0 Å². The molecule has 0 saturated carbocycles. The van der Waals surface area contributed by atoms with Gasteiger partial charge in [-0.1, -0.05) is 24.3 Å². The third-order valence-corrected chi connectivity index (χ3v) is 5.81. The van der Waals surface area contributed by atoms with Crippen LogP contribution >= 0.6 is 0 Å². The molecule has 1 saturated heterocycles. The molecule has 1 aliphatic heterocycles. The summed E-state index contributed by atoms with van der Waals surface area (Å²) >= 11 is 0. The van der Waals surface area contributed by atoms with Gasteiger partial charge in [-0.25, -0.2) is 4.79 Å². The maximum atomic E-state index is 12.6. The SMILES string of the molecule is C=C(C)[C@H](/C=C/CC(=O)OC)Cc1oc([C@H](O)[C@](C)(O)C[C@H]2COC(C)(C)O2)cc1C(=O)OCC. The Hall–Kier alpha value is -2.46. The van der Waals surface area contributed by atoms with Gasteiger partial charge in [-0.3, -0.25) is 4.79 Å². The molecule has 1 aromatic heterocycles. The number of methoxy groups -OCH3 is 1. The normalized spacial score (nSPS) is 20.9. The van der Waals surface area contributed by atoms with Crippen molar-refractivity contribution in [1.82, 2.24) is 0 Å². The van der Waals surface area contributed by atoms with Gasteiger partial charge in [-0.15, -0.1) is 0 Å². The van der Waals surface area contributed by atoms with Crippen LogP contribution in [0.15, 0.2) is 34.8 Å². The van der Waals surface area contributed by atoms with Gasteiger partial charge < -0.3 is 33.6 Å². The van der Waals surface area contributed by atoms with E-state index in [2.05, 4.69) is 11.3 Å². The number of hydrogen-bond acceptors (Lipinski definition) is 9. The molecule has 2 N–H and O–H groups in total. The predicted octanol–water partition coefficient (Wildman–Crippen LogP) is 3.64. The number of rotatable bonds is 12. The van der Waals surface area contributed by atoms with Crippen LogP contribution in [-0.2, 0) is 30.2 Å². The highest BCUT2D eigenvalue weighted by Crippen LogP contribution is 2.36. The van der Waals surface area contributed by atoms with Crippen molar-refractivity contribution in [2.75, 3.05) is 20.3 Å². The Kier molecular flexibility index (Phi) is 9.85. The lowest BCUT2D eigenvalue weighted by molar-refractivity contribution is -0.153. The molecule has 0 spiro atoms. The second kappa shape index (κ2) is 12.0. The Bertz CT molecular complexity index is 925. The molecule has 2 rings (SSSR count). The summed E-state index contributed by atoms with van der Waals surface area (Å²) in [5.74, 6) is -1.68. The molecule has 9 heteroatoms. The zero-order valence-electron chi connectivity index (χ0n) is 21.5. The monoisotopic (exact) mass is 494 g/mol. The van der Waals surface area contributed by atoms with Gasteiger partial charge in [0, 0.05) is 18.8 Å². The molecule has 0 radical (unpaired) electrons. The first-order chi connectivity index (χ1) is 16.3. The molecule has 1 aliphatic rings. The molecule has 196 valence electrons. The first-order valence-electron chi connectivity index (χ1n) is 11.7. The molecule has 35 heavy (non-hydrogen) atoms. The van der Waals surface area contributed by atoms with Crippen LogP contribution in [0.1, 0.15) is 75.4 Å². The Labute approximate surface area is 206 Å². The minimum absolute atomic E-state index is 0.0326. The fourth-order valence-electron chi connectivity index (χ4n) is 3.88. The van der Waals surface area contributed by atoms with Gasteiger partial charge in [0.05, 0.1) is 38.4 Å². The lowest BCUT2D eigenvalue weighted by Gasteiger charge is -2.30. The molecular formula is C26H38O9. The standard InChI is InChI=1S/C26H38O9/c1-8-32-24(29)19-13-21(23(28)26(6,30)14-18-15-33-25(4,5)35-18)34-20(19)12-17(16(2)3)10-9-11-22(27)31-7/h9-10,13,17-18,23,28,30H,2,8,11-12,14-15H2,1,3-7H3/b10-9+/t17-,18+,23+,26-/m1/s1.